The Morgan fingerprint density at radius 1 is 1.18 bits per heavy atom. The highest BCUT2D eigenvalue weighted by Gasteiger charge is 2.45. The zero-order valence-electron chi connectivity index (χ0n) is 12.6. The molecule has 2 bridgehead atoms. The van der Waals surface area contributed by atoms with E-state index in [1.807, 2.05) is 0 Å². The lowest BCUT2D eigenvalue weighted by molar-refractivity contribution is -0.0374. The largest absolute Gasteiger partial charge is 0.372 e. The Hall–Kier alpha value is -0.310. The number of hydrogen-bond donors (Lipinski definition) is 1. The lowest BCUT2D eigenvalue weighted by atomic mass is 10.1. The number of hydrogen-bond acceptors (Lipinski definition) is 4. The van der Waals surface area contributed by atoms with Crippen LogP contribution in [-0.2, 0) is 14.8 Å². The molecule has 3 atom stereocenters. The van der Waals surface area contributed by atoms with Crippen LogP contribution in [0.1, 0.15) is 32.1 Å². The molecule has 8 heteroatoms. The number of nitrogens with one attached hydrogen (secondary N) is 1. The third kappa shape index (κ3) is 3.96. The van der Waals surface area contributed by atoms with E-state index in [0.29, 0.717) is 19.4 Å². The van der Waals surface area contributed by atoms with Gasteiger partial charge in [0.1, 0.15) is 0 Å². The Morgan fingerprint density at radius 2 is 1.86 bits per heavy atom. The number of halogens is 2. The van der Waals surface area contributed by atoms with E-state index in [1.54, 1.807) is 0 Å². The first-order valence-corrected chi connectivity index (χ1v) is 9.72. The number of ether oxygens (including phenoxy) is 1. The highest BCUT2D eigenvalue weighted by molar-refractivity contribution is 7.89. The molecule has 3 fully saturated rings. The summed E-state index contributed by atoms with van der Waals surface area (Å²) in [5.41, 5.74) is 0. The third-order valence-electron chi connectivity index (χ3n) is 4.95. The predicted octanol–water partition coefficient (Wildman–Crippen LogP) is 1.20. The van der Waals surface area contributed by atoms with Crippen LogP contribution in [0, 0.1) is 5.92 Å². The van der Waals surface area contributed by atoms with Gasteiger partial charge in [0, 0.05) is 38.5 Å². The number of alkyl halides is 2. The third-order valence-corrected chi connectivity index (χ3v) is 6.43. The topological polar surface area (TPSA) is 58.6 Å². The monoisotopic (exact) mass is 338 g/mol. The van der Waals surface area contributed by atoms with Gasteiger partial charge in [0.15, 0.2) is 0 Å². The van der Waals surface area contributed by atoms with Crippen LogP contribution in [0.15, 0.2) is 0 Å². The molecule has 3 unspecified atom stereocenters. The number of rotatable bonds is 6. The van der Waals surface area contributed by atoms with Crippen molar-refractivity contribution in [1.29, 1.82) is 0 Å². The van der Waals surface area contributed by atoms with Gasteiger partial charge in [-0.05, 0) is 25.7 Å². The summed E-state index contributed by atoms with van der Waals surface area (Å²) >= 11 is 0. The maximum Gasteiger partial charge on any atom is 0.251 e. The van der Waals surface area contributed by atoms with E-state index in [-0.39, 0.29) is 25.2 Å². The van der Waals surface area contributed by atoms with Crippen molar-refractivity contribution in [2.24, 2.45) is 5.92 Å². The molecule has 2 aliphatic heterocycles. The van der Waals surface area contributed by atoms with E-state index in [0.717, 1.165) is 25.9 Å². The van der Waals surface area contributed by atoms with Gasteiger partial charge in [-0.25, -0.2) is 21.9 Å². The standard InChI is InChI=1S/C14H24F2N2O3S/c15-14(16)5-1-2-11(14)10-22(19,20)17-6-7-18-8-12-3-4-13(9-18)21-12/h11-13,17H,1-10H2. The van der Waals surface area contributed by atoms with Gasteiger partial charge in [-0.1, -0.05) is 0 Å². The van der Waals surface area contributed by atoms with Gasteiger partial charge in [0.25, 0.3) is 5.92 Å². The van der Waals surface area contributed by atoms with Gasteiger partial charge >= 0.3 is 0 Å². The lowest BCUT2D eigenvalue weighted by Crippen LogP contribution is -2.46. The molecule has 3 aliphatic rings. The number of sulfonamides is 1. The van der Waals surface area contributed by atoms with Crippen LogP contribution in [-0.4, -0.2) is 63.4 Å². The van der Waals surface area contributed by atoms with Gasteiger partial charge in [0.05, 0.1) is 18.0 Å². The van der Waals surface area contributed by atoms with Crippen molar-refractivity contribution in [3.8, 4) is 0 Å². The zero-order chi connectivity index (χ0) is 15.8. The van der Waals surface area contributed by atoms with E-state index < -0.39 is 27.6 Å². The van der Waals surface area contributed by atoms with E-state index in [2.05, 4.69) is 9.62 Å². The fraction of sp³-hybridized carbons (Fsp3) is 1.00. The molecule has 0 spiro atoms. The van der Waals surface area contributed by atoms with Gasteiger partial charge in [-0.15, -0.1) is 0 Å². The average molecular weight is 338 g/mol. The maximum atomic E-state index is 13.5. The molecule has 0 aromatic rings. The Bertz CT molecular complexity index is 488. The van der Waals surface area contributed by atoms with Gasteiger partial charge in [-0.2, -0.15) is 0 Å². The molecule has 0 amide bonds. The number of nitrogens with zero attached hydrogens (tertiary/aromatic N) is 1. The van der Waals surface area contributed by atoms with Crippen molar-refractivity contribution in [2.75, 3.05) is 31.9 Å². The van der Waals surface area contributed by atoms with Crippen LogP contribution in [0.4, 0.5) is 8.78 Å². The summed E-state index contributed by atoms with van der Waals surface area (Å²) in [4.78, 5) is 2.19. The summed E-state index contributed by atoms with van der Waals surface area (Å²) < 4.78 is 59.2. The van der Waals surface area contributed by atoms with Crippen molar-refractivity contribution < 1.29 is 21.9 Å². The summed E-state index contributed by atoms with van der Waals surface area (Å²) in [6.07, 6.45) is 3.20. The van der Waals surface area contributed by atoms with E-state index in [4.69, 9.17) is 4.74 Å². The highest BCUT2D eigenvalue weighted by Crippen LogP contribution is 2.40. The van der Waals surface area contributed by atoms with Gasteiger partial charge in [-0.3, -0.25) is 4.90 Å². The molecule has 2 heterocycles. The average Bonchev–Trinajstić information content (AvgIpc) is 2.92. The molecule has 0 aromatic heterocycles. The first kappa shape index (κ1) is 16.5. The Balaban J connectivity index is 1.42. The minimum absolute atomic E-state index is 0.191. The van der Waals surface area contributed by atoms with Gasteiger partial charge in [0.2, 0.25) is 10.0 Å². The molecule has 1 N–H and O–H groups in total. The fourth-order valence-electron chi connectivity index (χ4n) is 3.77. The van der Waals surface area contributed by atoms with Crippen LogP contribution in [0.5, 0.6) is 0 Å². The van der Waals surface area contributed by atoms with Crippen molar-refractivity contribution in [2.45, 2.75) is 50.2 Å². The molecule has 128 valence electrons. The van der Waals surface area contributed by atoms with Crippen LogP contribution < -0.4 is 4.72 Å². The molecule has 22 heavy (non-hydrogen) atoms. The molecule has 3 rings (SSSR count). The van der Waals surface area contributed by atoms with Crippen molar-refractivity contribution in [1.82, 2.24) is 9.62 Å². The second kappa shape index (κ2) is 6.30. The van der Waals surface area contributed by atoms with Crippen LogP contribution in [0.25, 0.3) is 0 Å². The van der Waals surface area contributed by atoms with Gasteiger partial charge < -0.3 is 4.74 Å². The molecular formula is C14H24F2N2O3S. The molecule has 5 nitrogen and oxygen atoms in total. The van der Waals surface area contributed by atoms with E-state index in [1.165, 1.54) is 0 Å². The second-order valence-corrected chi connectivity index (χ2v) is 8.59. The normalized spacial score (nSPS) is 35.1. The molecule has 0 radical (unpaired) electrons. The smallest absolute Gasteiger partial charge is 0.251 e. The van der Waals surface area contributed by atoms with Crippen LogP contribution in [0.2, 0.25) is 0 Å². The Labute approximate surface area is 130 Å². The maximum absolute atomic E-state index is 13.5. The van der Waals surface area contributed by atoms with Crippen molar-refractivity contribution >= 4 is 10.0 Å². The Kier molecular flexibility index (Phi) is 4.74. The SMILES string of the molecule is O=S(=O)(CC1CCCC1(F)F)NCCN1CC2CCC(C1)O2. The van der Waals surface area contributed by atoms with Crippen molar-refractivity contribution in [3.63, 3.8) is 0 Å². The summed E-state index contributed by atoms with van der Waals surface area (Å²) in [5, 5.41) is 0. The first-order valence-electron chi connectivity index (χ1n) is 8.07. The molecule has 1 aliphatic carbocycles. The minimum atomic E-state index is -3.64. The molecular weight excluding hydrogens is 314 g/mol. The molecule has 0 aromatic carbocycles. The summed E-state index contributed by atoms with van der Waals surface area (Å²) in [7, 11) is -3.64. The van der Waals surface area contributed by atoms with E-state index in [9.17, 15) is 17.2 Å². The number of fused-ring (bicyclic) bond motifs is 2. The highest BCUT2D eigenvalue weighted by atomic mass is 32.2. The summed E-state index contributed by atoms with van der Waals surface area (Å²) in [5.74, 6) is -4.34. The number of likely N-dealkylation sites (tertiary alicyclic amines) is 1. The Morgan fingerprint density at radius 3 is 2.45 bits per heavy atom. The zero-order valence-corrected chi connectivity index (χ0v) is 13.5. The minimum Gasteiger partial charge on any atom is -0.372 e. The fourth-order valence-corrected chi connectivity index (χ4v) is 5.23. The van der Waals surface area contributed by atoms with E-state index >= 15 is 0 Å². The molecule has 2 saturated heterocycles. The predicted molar refractivity (Wildman–Crippen MR) is 78.4 cm³/mol. The van der Waals surface area contributed by atoms with Crippen LogP contribution in [0.3, 0.4) is 0 Å². The second-order valence-electron chi connectivity index (χ2n) is 6.74. The molecule has 1 saturated carbocycles. The quantitative estimate of drug-likeness (QED) is 0.791. The summed E-state index contributed by atoms with van der Waals surface area (Å²) in [6.45, 7) is 2.55. The van der Waals surface area contributed by atoms with Crippen LogP contribution >= 0.6 is 0 Å². The van der Waals surface area contributed by atoms with Crippen molar-refractivity contribution in [3.05, 3.63) is 0 Å². The first-order chi connectivity index (χ1) is 10.3. The number of morpholine rings is 1. The summed E-state index contributed by atoms with van der Waals surface area (Å²) in [6, 6.07) is 0. The lowest BCUT2D eigenvalue weighted by Gasteiger charge is -2.32.